The number of benzene rings is 1. The van der Waals surface area contributed by atoms with Crippen LogP contribution in [0.15, 0.2) is 22.7 Å². The molecule has 1 aromatic carbocycles. The van der Waals surface area contributed by atoms with Gasteiger partial charge >= 0.3 is 0 Å². The van der Waals surface area contributed by atoms with Gasteiger partial charge in [0.1, 0.15) is 0 Å². The maximum Gasteiger partial charge on any atom is 0.229 e. The highest BCUT2D eigenvalue weighted by molar-refractivity contribution is 9.10. The summed E-state index contributed by atoms with van der Waals surface area (Å²) >= 11 is 3.36. The smallest absolute Gasteiger partial charge is 0.229 e. The van der Waals surface area contributed by atoms with E-state index in [1.807, 2.05) is 25.1 Å². The van der Waals surface area contributed by atoms with Gasteiger partial charge in [0.05, 0.1) is 0 Å². The van der Waals surface area contributed by atoms with E-state index in [0.29, 0.717) is 0 Å². The first-order valence-electron chi connectivity index (χ1n) is 6.36. The highest BCUT2D eigenvalue weighted by atomic mass is 79.9. The second kappa shape index (κ2) is 6.17. The lowest BCUT2D eigenvalue weighted by molar-refractivity contribution is -0.138. The van der Waals surface area contributed by atoms with Gasteiger partial charge in [-0.1, -0.05) is 15.9 Å². The molecule has 1 aromatic rings. The average molecular weight is 339 g/mol. The normalized spacial score (nSPS) is 14.8. The van der Waals surface area contributed by atoms with E-state index in [1.165, 1.54) is 0 Å². The number of imide groups is 1. The SMILES string of the molecule is Cc1cc(Br)ccc1NC(=O)CCN1C(=O)CCC1=O. The van der Waals surface area contributed by atoms with E-state index in [9.17, 15) is 14.4 Å². The number of amides is 3. The average Bonchev–Trinajstić information content (AvgIpc) is 2.70. The molecule has 1 aliphatic heterocycles. The minimum Gasteiger partial charge on any atom is -0.326 e. The fraction of sp³-hybridized carbons (Fsp3) is 0.357. The van der Waals surface area contributed by atoms with Crippen molar-refractivity contribution in [1.82, 2.24) is 4.90 Å². The third-order valence-electron chi connectivity index (χ3n) is 3.18. The van der Waals surface area contributed by atoms with Gasteiger partial charge in [-0.15, -0.1) is 0 Å². The molecule has 2 rings (SSSR count). The zero-order valence-corrected chi connectivity index (χ0v) is 12.7. The minimum absolute atomic E-state index is 0.118. The molecule has 6 heteroatoms. The second-order valence-electron chi connectivity index (χ2n) is 4.70. The maximum absolute atomic E-state index is 11.8. The van der Waals surface area contributed by atoms with E-state index in [0.717, 1.165) is 20.6 Å². The number of likely N-dealkylation sites (tertiary alicyclic amines) is 1. The summed E-state index contributed by atoms with van der Waals surface area (Å²) in [4.78, 5) is 35.8. The molecule has 106 valence electrons. The third-order valence-corrected chi connectivity index (χ3v) is 3.67. The predicted molar refractivity (Wildman–Crippen MR) is 78.1 cm³/mol. The Kier molecular flexibility index (Phi) is 4.54. The molecule has 1 heterocycles. The fourth-order valence-electron chi connectivity index (χ4n) is 2.07. The summed E-state index contributed by atoms with van der Waals surface area (Å²) in [5.41, 5.74) is 1.68. The molecule has 1 N–H and O–H groups in total. The molecule has 20 heavy (non-hydrogen) atoms. The predicted octanol–water partition coefficient (Wildman–Crippen LogP) is 2.24. The van der Waals surface area contributed by atoms with Gasteiger partial charge in [0.25, 0.3) is 0 Å². The first kappa shape index (κ1) is 14.7. The number of aryl methyl sites for hydroxylation is 1. The van der Waals surface area contributed by atoms with Crippen LogP contribution in [0.1, 0.15) is 24.8 Å². The summed E-state index contributed by atoms with van der Waals surface area (Å²) in [7, 11) is 0. The van der Waals surface area contributed by atoms with Crippen LogP contribution in [0.25, 0.3) is 0 Å². The Morgan fingerprint density at radius 1 is 1.30 bits per heavy atom. The standard InChI is InChI=1S/C14H15BrN2O3/c1-9-8-10(15)2-3-11(9)16-12(18)6-7-17-13(19)4-5-14(17)20/h2-3,8H,4-7H2,1H3,(H,16,18). The van der Waals surface area contributed by atoms with Gasteiger partial charge in [0.2, 0.25) is 17.7 Å². The van der Waals surface area contributed by atoms with Crippen LogP contribution in [0.5, 0.6) is 0 Å². The van der Waals surface area contributed by atoms with Crippen molar-refractivity contribution in [3.63, 3.8) is 0 Å². The van der Waals surface area contributed by atoms with E-state index < -0.39 is 0 Å². The Labute approximate surface area is 125 Å². The van der Waals surface area contributed by atoms with Gasteiger partial charge in [-0.05, 0) is 30.7 Å². The number of hydrogen-bond acceptors (Lipinski definition) is 3. The minimum atomic E-state index is -0.206. The highest BCUT2D eigenvalue weighted by Gasteiger charge is 2.28. The zero-order valence-electron chi connectivity index (χ0n) is 11.1. The maximum atomic E-state index is 11.8. The molecule has 3 amide bonds. The number of halogens is 1. The monoisotopic (exact) mass is 338 g/mol. The zero-order chi connectivity index (χ0) is 14.7. The molecule has 1 aliphatic rings. The van der Waals surface area contributed by atoms with Gasteiger partial charge in [-0.3, -0.25) is 19.3 Å². The van der Waals surface area contributed by atoms with Crippen molar-refractivity contribution in [2.24, 2.45) is 0 Å². The molecule has 0 aliphatic carbocycles. The molecular weight excluding hydrogens is 324 g/mol. The van der Waals surface area contributed by atoms with Crippen LogP contribution in [0, 0.1) is 6.92 Å². The van der Waals surface area contributed by atoms with Crippen molar-refractivity contribution in [2.75, 3.05) is 11.9 Å². The van der Waals surface area contributed by atoms with E-state index >= 15 is 0 Å². The van der Waals surface area contributed by atoms with Crippen LogP contribution in [-0.2, 0) is 14.4 Å². The Morgan fingerprint density at radius 2 is 1.95 bits per heavy atom. The van der Waals surface area contributed by atoms with Crippen LogP contribution in [0.3, 0.4) is 0 Å². The van der Waals surface area contributed by atoms with Crippen molar-refractivity contribution >= 4 is 39.3 Å². The van der Waals surface area contributed by atoms with E-state index in [-0.39, 0.29) is 43.5 Å². The van der Waals surface area contributed by atoms with Gasteiger partial charge < -0.3 is 5.32 Å². The number of anilines is 1. The first-order valence-corrected chi connectivity index (χ1v) is 7.16. The molecular formula is C14H15BrN2O3. The molecule has 0 spiro atoms. The fourth-order valence-corrected chi connectivity index (χ4v) is 2.54. The van der Waals surface area contributed by atoms with Crippen LogP contribution in [-0.4, -0.2) is 29.2 Å². The molecule has 0 aromatic heterocycles. The van der Waals surface area contributed by atoms with Crippen LogP contribution in [0.2, 0.25) is 0 Å². The number of carbonyl (C=O) groups is 3. The summed E-state index contributed by atoms with van der Waals surface area (Å²) in [6.07, 6.45) is 0.630. The van der Waals surface area contributed by atoms with Crippen molar-refractivity contribution in [1.29, 1.82) is 0 Å². The number of rotatable bonds is 4. The lowest BCUT2D eigenvalue weighted by Gasteiger charge is -2.14. The highest BCUT2D eigenvalue weighted by Crippen LogP contribution is 2.20. The van der Waals surface area contributed by atoms with E-state index in [4.69, 9.17) is 0 Å². The number of nitrogens with one attached hydrogen (secondary N) is 1. The summed E-state index contributed by atoms with van der Waals surface area (Å²) < 4.78 is 0.946. The first-order chi connectivity index (χ1) is 9.47. The van der Waals surface area contributed by atoms with E-state index in [2.05, 4.69) is 21.2 Å². The second-order valence-corrected chi connectivity index (χ2v) is 5.61. The molecule has 1 saturated heterocycles. The summed E-state index contributed by atoms with van der Waals surface area (Å²) in [6.45, 7) is 2.05. The quantitative estimate of drug-likeness (QED) is 0.856. The van der Waals surface area contributed by atoms with E-state index in [1.54, 1.807) is 0 Å². The topological polar surface area (TPSA) is 66.5 Å². The molecule has 0 unspecified atom stereocenters. The number of hydrogen-bond donors (Lipinski definition) is 1. The van der Waals surface area contributed by atoms with Gasteiger partial charge in [-0.25, -0.2) is 0 Å². The van der Waals surface area contributed by atoms with Crippen molar-refractivity contribution < 1.29 is 14.4 Å². The molecule has 1 fully saturated rings. The largest absolute Gasteiger partial charge is 0.326 e. The van der Waals surface area contributed by atoms with Crippen molar-refractivity contribution in [2.45, 2.75) is 26.2 Å². The van der Waals surface area contributed by atoms with Crippen LogP contribution < -0.4 is 5.32 Å². The summed E-state index contributed by atoms with van der Waals surface area (Å²) in [5.74, 6) is -0.590. The molecule has 0 radical (unpaired) electrons. The lowest BCUT2D eigenvalue weighted by Crippen LogP contribution is -2.32. The molecule has 0 atom stereocenters. The van der Waals surface area contributed by atoms with Crippen molar-refractivity contribution in [3.8, 4) is 0 Å². The summed E-state index contributed by atoms with van der Waals surface area (Å²) in [6, 6.07) is 5.56. The molecule has 5 nitrogen and oxygen atoms in total. The molecule has 0 bridgehead atoms. The van der Waals surface area contributed by atoms with Crippen LogP contribution in [0.4, 0.5) is 5.69 Å². The number of carbonyl (C=O) groups excluding carboxylic acids is 3. The van der Waals surface area contributed by atoms with Gasteiger partial charge in [0.15, 0.2) is 0 Å². The van der Waals surface area contributed by atoms with Gasteiger partial charge in [0, 0.05) is 36.0 Å². The lowest BCUT2D eigenvalue weighted by atomic mass is 10.2. The third kappa shape index (κ3) is 3.45. The Hall–Kier alpha value is -1.69. The summed E-state index contributed by atoms with van der Waals surface area (Å²) in [5, 5.41) is 2.78. The Morgan fingerprint density at radius 3 is 2.55 bits per heavy atom. The number of nitrogens with zero attached hydrogens (tertiary/aromatic N) is 1. The molecule has 0 saturated carbocycles. The van der Waals surface area contributed by atoms with Crippen LogP contribution >= 0.6 is 15.9 Å². The Bertz CT molecular complexity index is 556. The van der Waals surface area contributed by atoms with Gasteiger partial charge in [-0.2, -0.15) is 0 Å². The Balaban J connectivity index is 1.89. The van der Waals surface area contributed by atoms with Crippen molar-refractivity contribution in [3.05, 3.63) is 28.2 Å².